The third kappa shape index (κ3) is 3.18. The van der Waals surface area contributed by atoms with E-state index < -0.39 is 40.5 Å². The maximum atomic E-state index is 12.7. The summed E-state index contributed by atoms with van der Waals surface area (Å²) in [6, 6.07) is 1.71. The van der Waals surface area contributed by atoms with Gasteiger partial charge in [0.15, 0.2) is 0 Å². The van der Waals surface area contributed by atoms with Gasteiger partial charge in [0, 0.05) is 10.5 Å². The molecule has 1 N–H and O–H groups in total. The van der Waals surface area contributed by atoms with E-state index in [4.69, 9.17) is 0 Å². The Labute approximate surface area is 107 Å². The molecule has 10 heteroatoms. The first kappa shape index (κ1) is 16.2. The zero-order valence-corrected chi connectivity index (χ0v) is 9.50. The molecule has 0 amide bonds. The lowest BCUT2D eigenvalue weighted by Crippen LogP contribution is -2.47. The predicted octanol–water partition coefficient (Wildman–Crippen LogP) is 2.73. The van der Waals surface area contributed by atoms with Crippen molar-refractivity contribution in [3.63, 3.8) is 0 Å². The molecule has 0 spiro atoms. The molecule has 1 unspecified atom stereocenters. The van der Waals surface area contributed by atoms with E-state index in [-0.39, 0.29) is 6.07 Å². The first-order valence-corrected chi connectivity index (χ1v) is 4.96. The van der Waals surface area contributed by atoms with E-state index in [1.807, 2.05) is 0 Å². The van der Waals surface area contributed by atoms with E-state index in [1.165, 1.54) is 0 Å². The molecule has 1 atom stereocenters. The monoisotopic (exact) mass is 303 g/mol. The Kier molecular flexibility index (Phi) is 3.99. The van der Waals surface area contributed by atoms with Crippen LogP contribution in [0.5, 0.6) is 0 Å². The molecule has 1 aromatic rings. The quantitative estimate of drug-likeness (QED) is 0.530. The lowest BCUT2D eigenvalue weighted by atomic mass is 9.91. The van der Waals surface area contributed by atoms with Gasteiger partial charge in [-0.3, -0.25) is 10.1 Å². The van der Waals surface area contributed by atoms with Gasteiger partial charge in [-0.1, -0.05) is 12.1 Å². The molecule has 1 rings (SSSR count). The second-order valence-corrected chi connectivity index (χ2v) is 3.93. The van der Waals surface area contributed by atoms with Crippen LogP contribution < -0.4 is 0 Å². The lowest BCUT2D eigenvalue weighted by Gasteiger charge is -2.27. The van der Waals surface area contributed by atoms with E-state index in [2.05, 4.69) is 0 Å². The van der Waals surface area contributed by atoms with Crippen molar-refractivity contribution in [2.45, 2.75) is 18.0 Å². The zero-order valence-electron chi connectivity index (χ0n) is 9.50. The summed E-state index contributed by atoms with van der Waals surface area (Å²) in [6.45, 7) is -1.99. The number of aliphatic hydroxyl groups is 1. The van der Waals surface area contributed by atoms with Crippen molar-refractivity contribution in [2.75, 3.05) is 6.54 Å². The number of hydrogen-bond donors (Lipinski definition) is 1. The van der Waals surface area contributed by atoms with Crippen molar-refractivity contribution in [2.24, 2.45) is 0 Å². The van der Waals surface area contributed by atoms with Crippen LogP contribution in [0, 0.1) is 10.1 Å². The predicted molar refractivity (Wildman–Crippen MR) is 53.3 cm³/mol. The van der Waals surface area contributed by atoms with Crippen molar-refractivity contribution in [3.8, 4) is 0 Å². The van der Waals surface area contributed by atoms with E-state index in [1.54, 1.807) is 0 Å². The number of nitro groups is 1. The molecule has 0 radical (unpaired) electrons. The summed E-state index contributed by atoms with van der Waals surface area (Å²) in [5.74, 6) is 0. The van der Waals surface area contributed by atoms with Gasteiger partial charge in [0.25, 0.3) is 5.60 Å². The molecule has 0 fully saturated rings. The molecule has 0 aliphatic heterocycles. The highest BCUT2D eigenvalue weighted by Crippen LogP contribution is 2.41. The highest BCUT2D eigenvalue weighted by atomic mass is 19.4. The molecule has 0 saturated carbocycles. The Hall–Kier alpha value is -1.84. The molecule has 0 bridgehead atoms. The number of benzene rings is 1. The maximum Gasteiger partial charge on any atom is 0.428 e. The molecule has 0 aromatic heterocycles. The average Bonchev–Trinajstić information content (AvgIpc) is 2.25. The average molecular weight is 303 g/mol. The van der Waals surface area contributed by atoms with Crippen LogP contribution in [0.1, 0.15) is 11.1 Å². The van der Waals surface area contributed by atoms with Crippen LogP contribution in [0.2, 0.25) is 0 Å². The fourth-order valence-corrected chi connectivity index (χ4v) is 1.48. The van der Waals surface area contributed by atoms with Gasteiger partial charge < -0.3 is 5.11 Å². The summed E-state index contributed by atoms with van der Waals surface area (Å²) in [5, 5.41) is 19.7. The molecule has 112 valence electrons. The summed E-state index contributed by atoms with van der Waals surface area (Å²) in [7, 11) is 0. The van der Waals surface area contributed by atoms with Crippen LogP contribution in [0.4, 0.5) is 26.3 Å². The number of nitrogens with zero attached hydrogens (tertiary/aromatic N) is 1. The van der Waals surface area contributed by atoms with Gasteiger partial charge in [-0.05, 0) is 12.1 Å². The van der Waals surface area contributed by atoms with E-state index in [9.17, 15) is 41.6 Å². The number of alkyl halides is 6. The SMILES string of the molecule is O=[N+]([O-])CC(O)(c1cccc(C(F)(F)F)c1)C(F)(F)F. The summed E-state index contributed by atoms with van der Waals surface area (Å²) in [4.78, 5) is 8.79. The zero-order chi connectivity index (χ0) is 15.8. The molecule has 4 nitrogen and oxygen atoms in total. The van der Waals surface area contributed by atoms with Gasteiger partial charge >= 0.3 is 12.4 Å². The van der Waals surface area contributed by atoms with Gasteiger partial charge in [-0.2, -0.15) is 26.3 Å². The molecular formula is C10H7F6NO3. The fourth-order valence-electron chi connectivity index (χ4n) is 1.48. The highest BCUT2D eigenvalue weighted by molar-refractivity contribution is 5.31. The Morgan fingerprint density at radius 3 is 2.00 bits per heavy atom. The maximum absolute atomic E-state index is 12.7. The van der Waals surface area contributed by atoms with Gasteiger partial charge in [0.05, 0.1) is 5.56 Å². The number of rotatable bonds is 3. The minimum Gasteiger partial charge on any atom is -0.371 e. The van der Waals surface area contributed by atoms with Gasteiger partial charge in [0.2, 0.25) is 6.54 Å². The van der Waals surface area contributed by atoms with Gasteiger partial charge in [-0.25, -0.2) is 0 Å². The minimum atomic E-state index is -5.50. The second kappa shape index (κ2) is 4.93. The molecule has 1 aromatic carbocycles. The van der Waals surface area contributed by atoms with Crippen LogP contribution in [-0.4, -0.2) is 22.8 Å². The minimum absolute atomic E-state index is 0.0387. The topological polar surface area (TPSA) is 63.4 Å². The molecule has 0 aliphatic carbocycles. The molecule has 0 saturated heterocycles. The van der Waals surface area contributed by atoms with Crippen LogP contribution in [0.15, 0.2) is 24.3 Å². The van der Waals surface area contributed by atoms with Crippen LogP contribution >= 0.6 is 0 Å². The summed E-state index contributed by atoms with van der Waals surface area (Å²) in [5.41, 5.74) is -6.67. The number of halogens is 6. The van der Waals surface area contributed by atoms with Crippen LogP contribution in [-0.2, 0) is 11.8 Å². The third-order valence-electron chi connectivity index (χ3n) is 2.49. The van der Waals surface area contributed by atoms with Crippen LogP contribution in [0.3, 0.4) is 0 Å². The van der Waals surface area contributed by atoms with Crippen molar-refractivity contribution in [1.29, 1.82) is 0 Å². The molecular weight excluding hydrogens is 296 g/mol. The smallest absolute Gasteiger partial charge is 0.371 e. The molecule has 0 aliphatic rings. The first-order valence-electron chi connectivity index (χ1n) is 4.96. The van der Waals surface area contributed by atoms with Gasteiger partial charge in [0.1, 0.15) is 0 Å². The van der Waals surface area contributed by atoms with E-state index in [0.717, 1.165) is 0 Å². The Morgan fingerprint density at radius 2 is 1.60 bits per heavy atom. The summed E-state index contributed by atoms with van der Waals surface area (Å²) >= 11 is 0. The van der Waals surface area contributed by atoms with Crippen molar-refractivity contribution in [1.82, 2.24) is 0 Å². The summed E-state index contributed by atoms with van der Waals surface area (Å²) < 4.78 is 75.5. The third-order valence-corrected chi connectivity index (χ3v) is 2.49. The normalized spacial score (nSPS) is 15.8. The molecule has 0 heterocycles. The Morgan fingerprint density at radius 1 is 1.10 bits per heavy atom. The Balaban J connectivity index is 3.40. The number of hydrogen-bond acceptors (Lipinski definition) is 3. The van der Waals surface area contributed by atoms with Crippen molar-refractivity contribution < 1.29 is 36.4 Å². The highest BCUT2D eigenvalue weighted by Gasteiger charge is 2.59. The first-order chi connectivity index (χ1) is 8.88. The second-order valence-electron chi connectivity index (χ2n) is 3.93. The summed E-state index contributed by atoms with van der Waals surface area (Å²) in [6.07, 6.45) is -10.4. The standard InChI is InChI=1S/C10H7F6NO3/c11-9(12,13)7-3-1-2-6(4-7)8(18,5-17(19)20)10(14,15)16/h1-4,18H,5H2. The fraction of sp³-hybridized carbons (Fsp3) is 0.400. The van der Waals surface area contributed by atoms with Crippen LogP contribution in [0.25, 0.3) is 0 Å². The van der Waals surface area contributed by atoms with Gasteiger partial charge in [-0.15, -0.1) is 0 Å². The largest absolute Gasteiger partial charge is 0.428 e. The van der Waals surface area contributed by atoms with E-state index >= 15 is 0 Å². The lowest BCUT2D eigenvalue weighted by molar-refractivity contribution is -0.519. The Bertz CT molecular complexity index is 512. The van der Waals surface area contributed by atoms with Crippen molar-refractivity contribution in [3.05, 3.63) is 45.5 Å². The molecule has 20 heavy (non-hydrogen) atoms. The van der Waals surface area contributed by atoms with Crippen molar-refractivity contribution >= 4 is 0 Å². The van der Waals surface area contributed by atoms with E-state index in [0.29, 0.717) is 18.2 Å².